The van der Waals surface area contributed by atoms with Crippen LogP contribution in [0, 0.1) is 13.8 Å². The fraction of sp³-hybridized carbons (Fsp3) is 0.273. The average molecular weight is 383 g/mol. The molecule has 0 spiro atoms. The maximum absolute atomic E-state index is 12.4. The summed E-state index contributed by atoms with van der Waals surface area (Å²) in [6, 6.07) is 7.06. The van der Waals surface area contributed by atoms with Crippen molar-refractivity contribution in [3.63, 3.8) is 0 Å². The van der Waals surface area contributed by atoms with Gasteiger partial charge in [0, 0.05) is 29.6 Å². The van der Waals surface area contributed by atoms with Crippen molar-refractivity contribution in [1.29, 1.82) is 0 Å². The number of Topliss-reactive ketones (excluding diaryl/α,β-unsaturated/α-hetero) is 1. The van der Waals surface area contributed by atoms with Crippen LogP contribution in [0.4, 0.5) is 0 Å². The Balaban J connectivity index is 1.99. The number of carbonyl (C=O) groups excluding carboxylic acids is 2. The van der Waals surface area contributed by atoms with Gasteiger partial charge < -0.3 is 18.8 Å². The molecule has 1 aromatic heterocycles. The minimum Gasteiger partial charge on any atom is -0.493 e. The van der Waals surface area contributed by atoms with Gasteiger partial charge in [-0.25, -0.2) is 4.79 Å². The van der Waals surface area contributed by atoms with E-state index in [0.717, 1.165) is 17.0 Å². The molecular weight excluding hydrogens is 358 g/mol. The number of carbonyl (C=O) groups is 2. The Hall–Kier alpha value is -3.28. The molecule has 0 N–H and O–H groups in total. The molecule has 0 aliphatic heterocycles. The summed E-state index contributed by atoms with van der Waals surface area (Å²) in [7, 11) is 3.09. The molecule has 148 valence electrons. The third kappa shape index (κ3) is 4.91. The van der Waals surface area contributed by atoms with Crippen molar-refractivity contribution < 1.29 is 23.8 Å². The third-order valence-electron chi connectivity index (χ3n) is 4.35. The number of methoxy groups -OCH3 is 2. The molecule has 1 heterocycles. The van der Waals surface area contributed by atoms with E-state index < -0.39 is 5.97 Å². The van der Waals surface area contributed by atoms with Crippen molar-refractivity contribution in [2.75, 3.05) is 20.8 Å². The SMILES string of the molecule is C=CCn1c(C)cc(C(=O)COC(=O)C=Cc2ccc(OC)c(OC)c2)c1C. The molecule has 0 amide bonds. The summed E-state index contributed by atoms with van der Waals surface area (Å²) in [5, 5.41) is 0. The van der Waals surface area contributed by atoms with Gasteiger partial charge in [0.1, 0.15) is 0 Å². The van der Waals surface area contributed by atoms with Crippen LogP contribution >= 0.6 is 0 Å². The highest BCUT2D eigenvalue weighted by Crippen LogP contribution is 2.28. The van der Waals surface area contributed by atoms with Crippen LogP contribution in [0.25, 0.3) is 6.08 Å². The van der Waals surface area contributed by atoms with E-state index in [4.69, 9.17) is 14.2 Å². The summed E-state index contributed by atoms with van der Waals surface area (Å²) >= 11 is 0. The van der Waals surface area contributed by atoms with E-state index in [2.05, 4.69) is 6.58 Å². The van der Waals surface area contributed by atoms with Gasteiger partial charge in [-0.15, -0.1) is 6.58 Å². The molecular formula is C22H25NO5. The van der Waals surface area contributed by atoms with Crippen LogP contribution in [0.5, 0.6) is 11.5 Å². The van der Waals surface area contributed by atoms with Crippen molar-refractivity contribution >= 4 is 17.8 Å². The standard InChI is InChI=1S/C22H25NO5/c1-6-11-23-15(2)12-18(16(23)3)19(24)14-28-22(25)10-8-17-7-9-20(26-4)21(13-17)27-5/h6-10,12-13H,1,11,14H2,2-5H3. The first kappa shape index (κ1) is 21.0. The lowest BCUT2D eigenvalue weighted by Gasteiger charge is -2.07. The second-order valence-corrected chi connectivity index (χ2v) is 6.16. The van der Waals surface area contributed by atoms with Crippen molar-refractivity contribution in [2.45, 2.75) is 20.4 Å². The fourth-order valence-corrected chi connectivity index (χ4v) is 2.88. The average Bonchev–Trinajstić information content (AvgIpc) is 2.98. The summed E-state index contributed by atoms with van der Waals surface area (Å²) < 4.78 is 17.5. The molecule has 6 heteroatoms. The summed E-state index contributed by atoms with van der Waals surface area (Å²) in [5.41, 5.74) is 3.09. The quantitative estimate of drug-likeness (QED) is 0.286. The number of ether oxygens (including phenoxy) is 3. The van der Waals surface area contributed by atoms with Crippen molar-refractivity contribution in [3.8, 4) is 11.5 Å². The zero-order chi connectivity index (χ0) is 20.7. The highest BCUT2D eigenvalue weighted by Gasteiger charge is 2.16. The van der Waals surface area contributed by atoms with Crippen LogP contribution in [0.1, 0.15) is 27.3 Å². The van der Waals surface area contributed by atoms with E-state index in [1.54, 1.807) is 43.5 Å². The molecule has 0 saturated carbocycles. The van der Waals surface area contributed by atoms with Gasteiger partial charge in [-0.3, -0.25) is 4.79 Å². The molecule has 0 unspecified atom stereocenters. The lowest BCUT2D eigenvalue weighted by Crippen LogP contribution is -2.13. The third-order valence-corrected chi connectivity index (χ3v) is 4.35. The lowest BCUT2D eigenvalue weighted by atomic mass is 10.1. The first-order valence-corrected chi connectivity index (χ1v) is 8.79. The fourth-order valence-electron chi connectivity index (χ4n) is 2.88. The van der Waals surface area contributed by atoms with Crippen molar-refractivity contribution in [2.24, 2.45) is 0 Å². The number of aryl methyl sites for hydroxylation is 1. The number of rotatable bonds is 9. The molecule has 0 saturated heterocycles. The molecule has 28 heavy (non-hydrogen) atoms. The van der Waals surface area contributed by atoms with Crippen LogP contribution in [0.2, 0.25) is 0 Å². The molecule has 2 rings (SSSR count). The minimum atomic E-state index is -0.594. The first-order valence-electron chi connectivity index (χ1n) is 8.79. The second kappa shape index (κ2) is 9.60. The number of esters is 1. The highest BCUT2D eigenvalue weighted by molar-refractivity contribution is 6.00. The molecule has 0 aliphatic rings. The van der Waals surface area contributed by atoms with Gasteiger partial charge in [0.2, 0.25) is 5.78 Å². The number of ketones is 1. The topological polar surface area (TPSA) is 66.8 Å². The van der Waals surface area contributed by atoms with E-state index in [9.17, 15) is 9.59 Å². The van der Waals surface area contributed by atoms with E-state index in [1.165, 1.54) is 13.2 Å². The summed E-state index contributed by atoms with van der Waals surface area (Å²) in [4.78, 5) is 24.4. The molecule has 0 radical (unpaired) electrons. The zero-order valence-corrected chi connectivity index (χ0v) is 16.7. The van der Waals surface area contributed by atoms with Gasteiger partial charge in [0.15, 0.2) is 18.1 Å². The van der Waals surface area contributed by atoms with Crippen LogP contribution in [0.15, 0.2) is 43.0 Å². The predicted octanol–water partition coefficient (Wildman–Crippen LogP) is 3.75. The first-order chi connectivity index (χ1) is 13.4. The van der Waals surface area contributed by atoms with Crippen LogP contribution in [0.3, 0.4) is 0 Å². The Labute approximate surface area is 165 Å². The zero-order valence-electron chi connectivity index (χ0n) is 16.7. The van der Waals surface area contributed by atoms with Crippen LogP contribution < -0.4 is 9.47 Å². The van der Waals surface area contributed by atoms with Gasteiger partial charge >= 0.3 is 5.97 Å². The summed E-state index contributed by atoms with van der Waals surface area (Å²) in [5.74, 6) is 0.323. The Morgan fingerprint density at radius 3 is 2.46 bits per heavy atom. The Bertz CT molecular complexity index is 908. The van der Waals surface area contributed by atoms with Crippen molar-refractivity contribution in [1.82, 2.24) is 4.57 Å². The lowest BCUT2D eigenvalue weighted by molar-refractivity contribution is -0.136. The Morgan fingerprint density at radius 2 is 1.82 bits per heavy atom. The molecule has 0 bridgehead atoms. The normalized spacial score (nSPS) is 10.7. The van der Waals surface area contributed by atoms with Gasteiger partial charge in [-0.1, -0.05) is 12.1 Å². The number of hydrogen-bond donors (Lipinski definition) is 0. The Morgan fingerprint density at radius 1 is 1.11 bits per heavy atom. The molecule has 2 aromatic rings. The second-order valence-electron chi connectivity index (χ2n) is 6.16. The smallest absolute Gasteiger partial charge is 0.331 e. The number of benzene rings is 1. The predicted molar refractivity (Wildman–Crippen MR) is 108 cm³/mol. The maximum atomic E-state index is 12.4. The summed E-state index contributed by atoms with van der Waals surface area (Å²) in [6.07, 6.45) is 4.63. The number of hydrogen-bond acceptors (Lipinski definition) is 5. The van der Waals surface area contributed by atoms with Crippen LogP contribution in [-0.2, 0) is 16.1 Å². The monoisotopic (exact) mass is 383 g/mol. The van der Waals surface area contributed by atoms with E-state index in [1.807, 2.05) is 18.4 Å². The highest BCUT2D eigenvalue weighted by atomic mass is 16.5. The molecule has 0 atom stereocenters. The minimum absolute atomic E-state index is 0.240. The largest absolute Gasteiger partial charge is 0.493 e. The molecule has 1 aromatic carbocycles. The maximum Gasteiger partial charge on any atom is 0.331 e. The van der Waals surface area contributed by atoms with Gasteiger partial charge in [0.05, 0.1) is 14.2 Å². The van der Waals surface area contributed by atoms with E-state index in [0.29, 0.717) is 23.6 Å². The molecule has 0 aliphatic carbocycles. The van der Waals surface area contributed by atoms with Gasteiger partial charge in [0.25, 0.3) is 0 Å². The van der Waals surface area contributed by atoms with E-state index >= 15 is 0 Å². The number of allylic oxidation sites excluding steroid dienone is 1. The number of aromatic nitrogens is 1. The van der Waals surface area contributed by atoms with Gasteiger partial charge in [-0.05, 0) is 43.7 Å². The Kier molecular flexibility index (Phi) is 7.21. The number of nitrogens with zero attached hydrogens (tertiary/aromatic N) is 1. The van der Waals surface area contributed by atoms with E-state index in [-0.39, 0.29) is 12.4 Å². The molecule has 6 nitrogen and oxygen atoms in total. The van der Waals surface area contributed by atoms with Gasteiger partial charge in [-0.2, -0.15) is 0 Å². The molecule has 0 fully saturated rings. The summed E-state index contributed by atoms with van der Waals surface area (Å²) in [6.45, 7) is 7.82. The van der Waals surface area contributed by atoms with Crippen molar-refractivity contribution in [3.05, 3.63) is 65.5 Å². The van der Waals surface area contributed by atoms with Crippen LogP contribution in [-0.4, -0.2) is 37.1 Å².